The molecule has 1 N–H and O–H groups in total. The molecule has 94 valence electrons. The summed E-state index contributed by atoms with van der Waals surface area (Å²) in [7, 11) is 0. The zero-order chi connectivity index (χ0) is 13.0. The van der Waals surface area contributed by atoms with Gasteiger partial charge in [0.15, 0.2) is 11.6 Å². The van der Waals surface area contributed by atoms with Gasteiger partial charge in [0, 0.05) is 13.1 Å². The van der Waals surface area contributed by atoms with Crippen LogP contribution in [0.2, 0.25) is 0 Å². The van der Waals surface area contributed by atoms with Crippen LogP contribution in [-0.4, -0.2) is 29.7 Å². The summed E-state index contributed by atoms with van der Waals surface area (Å²) in [6, 6.07) is 1.33. The van der Waals surface area contributed by atoms with Crippen LogP contribution < -0.4 is 4.90 Å². The second-order valence-electron chi connectivity index (χ2n) is 3.32. The van der Waals surface area contributed by atoms with Gasteiger partial charge in [-0.1, -0.05) is 0 Å². The van der Waals surface area contributed by atoms with Gasteiger partial charge in [-0.2, -0.15) is 0 Å². The van der Waals surface area contributed by atoms with Gasteiger partial charge in [0.2, 0.25) is 0 Å². The molecule has 0 aromatic heterocycles. The molecule has 5 nitrogen and oxygen atoms in total. The minimum atomic E-state index is -1.01. The number of rotatable bonds is 5. The molecule has 1 aromatic carbocycles. The molecule has 1 aromatic rings. The molecule has 0 amide bonds. The summed E-state index contributed by atoms with van der Waals surface area (Å²) in [5.41, 5.74) is -0.990. The highest BCUT2D eigenvalue weighted by atomic mass is 19.1. The maximum atomic E-state index is 13.6. The summed E-state index contributed by atoms with van der Waals surface area (Å²) in [6.45, 7) is 1.74. The van der Waals surface area contributed by atoms with Crippen molar-refractivity contribution in [1.29, 1.82) is 0 Å². The summed E-state index contributed by atoms with van der Waals surface area (Å²) >= 11 is 0. The molecular weight excluding hydrogens is 234 g/mol. The Morgan fingerprint density at radius 3 is 2.29 bits per heavy atom. The first kappa shape index (κ1) is 13.3. The molecule has 0 atom stereocenters. The lowest BCUT2D eigenvalue weighted by atomic mass is 10.2. The quantitative estimate of drug-likeness (QED) is 0.634. The van der Waals surface area contributed by atoms with E-state index in [4.69, 9.17) is 5.11 Å². The molecule has 0 saturated carbocycles. The Morgan fingerprint density at radius 1 is 1.41 bits per heavy atom. The Bertz CT molecular complexity index is 403. The van der Waals surface area contributed by atoms with E-state index in [1.54, 1.807) is 6.92 Å². The number of nitrogens with zero attached hydrogens (tertiary/aromatic N) is 2. The number of nitro groups is 1. The van der Waals surface area contributed by atoms with Crippen molar-refractivity contribution >= 4 is 11.4 Å². The van der Waals surface area contributed by atoms with Crippen LogP contribution >= 0.6 is 0 Å². The molecule has 17 heavy (non-hydrogen) atoms. The third-order valence-electron chi connectivity index (χ3n) is 2.28. The summed E-state index contributed by atoms with van der Waals surface area (Å²) in [6.07, 6.45) is 0. The number of aliphatic hydroxyl groups is 1. The van der Waals surface area contributed by atoms with Gasteiger partial charge in [-0.05, 0) is 6.92 Å². The molecular formula is C10H12F2N2O3. The lowest BCUT2D eigenvalue weighted by Gasteiger charge is -2.22. The third kappa shape index (κ3) is 2.88. The summed E-state index contributed by atoms with van der Waals surface area (Å²) in [5.74, 6) is -2.01. The molecule has 0 aliphatic heterocycles. The number of nitro benzene ring substituents is 1. The standard InChI is InChI=1S/C10H12F2N2O3/c1-2-13(3-4-15)10-8(11)5-7(14(16)17)6-9(10)12/h5-6,15H,2-4H2,1H3. The number of likely N-dealkylation sites (N-methyl/N-ethyl adjacent to an activating group) is 1. The van der Waals surface area contributed by atoms with Crippen LogP contribution in [0, 0.1) is 21.7 Å². The van der Waals surface area contributed by atoms with E-state index in [0.29, 0.717) is 12.1 Å². The fourth-order valence-corrected chi connectivity index (χ4v) is 1.51. The van der Waals surface area contributed by atoms with Crippen molar-refractivity contribution in [3.05, 3.63) is 33.9 Å². The van der Waals surface area contributed by atoms with E-state index in [9.17, 15) is 18.9 Å². The van der Waals surface area contributed by atoms with Gasteiger partial charge in [-0.3, -0.25) is 10.1 Å². The monoisotopic (exact) mass is 246 g/mol. The van der Waals surface area contributed by atoms with Crippen LogP contribution in [-0.2, 0) is 0 Å². The molecule has 0 aliphatic rings. The lowest BCUT2D eigenvalue weighted by Crippen LogP contribution is -2.28. The zero-order valence-corrected chi connectivity index (χ0v) is 9.19. The minimum absolute atomic E-state index is 0.0577. The third-order valence-corrected chi connectivity index (χ3v) is 2.28. The Balaban J connectivity index is 3.20. The van der Waals surface area contributed by atoms with E-state index in [2.05, 4.69) is 0 Å². The number of aliphatic hydroxyl groups excluding tert-OH is 1. The second-order valence-corrected chi connectivity index (χ2v) is 3.32. The average molecular weight is 246 g/mol. The number of non-ortho nitro benzene ring substituents is 1. The summed E-state index contributed by atoms with van der Waals surface area (Å²) < 4.78 is 27.1. The van der Waals surface area contributed by atoms with E-state index >= 15 is 0 Å². The molecule has 7 heteroatoms. The van der Waals surface area contributed by atoms with Gasteiger partial charge < -0.3 is 10.0 Å². The topological polar surface area (TPSA) is 66.6 Å². The maximum absolute atomic E-state index is 13.6. The Morgan fingerprint density at radius 2 is 1.94 bits per heavy atom. The van der Waals surface area contributed by atoms with Crippen LogP contribution in [0.4, 0.5) is 20.2 Å². The molecule has 0 fully saturated rings. The highest BCUT2D eigenvalue weighted by Gasteiger charge is 2.20. The van der Waals surface area contributed by atoms with Gasteiger partial charge >= 0.3 is 0 Å². The number of benzene rings is 1. The first-order valence-electron chi connectivity index (χ1n) is 5.00. The van der Waals surface area contributed by atoms with Crippen LogP contribution in [0.5, 0.6) is 0 Å². The number of anilines is 1. The SMILES string of the molecule is CCN(CCO)c1c(F)cc([N+](=O)[O-])cc1F. The van der Waals surface area contributed by atoms with Crippen molar-refractivity contribution < 1.29 is 18.8 Å². The fourth-order valence-electron chi connectivity index (χ4n) is 1.51. The van der Waals surface area contributed by atoms with E-state index in [-0.39, 0.29) is 25.4 Å². The molecule has 0 aliphatic carbocycles. The van der Waals surface area contributed by atoms with Crippen molar-refractivity contribution in [1.82, 2.24) is 0 Å². The minimum Gasteiger partial charge on any atom is -0.395 e. The number of halogens is 2. The predicted molar refractivity (Wildman–Crippen MR) is 58.0 cm³/mol. The van der Waals surface area contributed by atoms with E-state index < -0.39 is 22.2 Å². The lowest BCUT2D eigenvalue weighted by molar-refractivity contribution is -0.385. The maximum Gasteiger partial charge on any atom is 0.275 e. The Hall–Kier alpha value is -1.76. The highest BCUT2D eigenvalue weighted by molar-refractivity contribution is 5.53. The fraction of sp³-hybridized carbons (Fsp3) is 0.400. The van der Waals surface area contributed by atoms with Crippen molar-refractivity contribution in [2.24, 2.45) is 0 Å². The number of hydrogen-bond acceptors (Lipinski definition) is 4. The van der Waals surface area contributed by atoms with Crippen LogP contribution in [0.3, 0.4) is 0 Å². The first-order valence-corrected chi connectivity index (χ1v) is 5.00. The van der Waals surface area contributed by atoms with Crippen molar-refractivity contribution in [3.63, 3.8) is 0 Å². The molecule has 0 radical (unpaired) electrons. The summed E-state index contributed by atoms with van der Waals surface area (Å²) in [5, 5.41) is 19.2. The Kier molecular flexibility index (Phi) is 4.33. The van der Waals surface area contributed by atoms with E-state index in [1.807, 2.05) is 0 Å². The molecule has 0 heterocycles. The van der Waals surface area contributed by atoms with Crippen molar-refractivity contribution in [3.8, 4) is 0 Å². The van der Waals surface area contributed by atoms with Gasteiger partial charge in [0.1, 0.15) is 5.69 Å². The van der Waals surface area contributed by atoms with Crippen LogP contribution in [0.15, 0.2) is 12.1 Å². The van der Waals surface area contributed by atoms with Crippen LogP contribution in [0.1, 0.15) is 6.92 Å². The van der Waals surface area contributed by atoms with E-state index in [0.717, 1.165) is 0 Å². The molecule has 1 rings (SSSR count). The van der Waals surface area contributed by atoms with Crippen molar-refractivity contribution in [2.75, 3.05) is 24.6 Å². The molecule has 0 unspecified atom stereocenters. The smallest absolute Gasteiger partial charge is 0.275 e. The number of hydrogen-bond donors (Lipinski definition) is 1. The normalized spacial score (nSPS) is 10.4. The second kappa shape index (κ2) is 5.53. The van der Waals surface area contributed by atoms with Gasteiger partial charge in [0.05, 0.1) is 23.7 Å². The molecule has 0 bridgehead atoms. The molecule has 0 saturated heterocycles. The summed E-state index contributed by atoms with van der Waals surface area (Å²) in [4.78, 5) is 10.8. The Labute approximate surface area is 96.4 Å². The van der Waals surface area contributed by atoms with Gasteiger partial charge in [-0.25, -0.2) is 8.78 Å². The predicted octanol–water partition coefficient (Wildman–Crippen LogP) is 1.69. The van der Waals surface area contributed by atoms with Gasteiger partial charge in [0.25, 0.3) is 5.69 Å². The van der Waals surface area contributed by atoms with Crippen molar-refractivity contribution in [2.45, 2.75) is 6.92 Å². The van der Waals surface area contributed by atoms with Gasteiger partial charge in [-0.15, -0.1) is 0 Å². The highest BCUT2D eigenvalue weighted by Crippen LogP contribution is 2.27. The molecule has 0 spiro atoms. The average Bonchev–Trinajstić information content (AvgIpc) is 2.26. The first-order chi connectivity index (χ1) is 8.01. The largest absolute Gasteiger partial charge is 0.395 e. The van der Waals surface area contributed by atoms with Crippen LogP contribution in [0.25, 0.3) is 0 Å². The van der Waals surface area contributed by atoms with E-state index in [1.165, 1.54) is 4.90 Å². The zero-order valence-electron chi connectivity index (χ0n) is 9.19.